The van der Waals surface area contributed by atoms with Crippen molar-refractivity contribution in [3.8, 4) is 0 Å². The van der Waals surface area contributed by atoms with Crippen LogP contribution >= 0.6 is 0 Å². The van der Waals surface area contributed by atoms with E-state index in [2.05, 4.69) is 78.3 Å². The van der Waals surface area contributed by atoms with E-state index in [0.717, 1.165) is 19.5 Å². The monoisotopic (exact) mass is 294 g/mol. The number of rotatable bonds is 5. The van der Waals surface area contributed by atoms with Crippen LogP contribution in [0.3, 0.4) is 0 Å². The van der Waals surface area contributed by atoms with E-state index in [1.54, 1.807) is 0 Å². The maximum absolute atomic E-state index is 3.63. The molecule has 3 rings (SSSR count). The molecular weight excluding hydrogens is 268 g/mol. The van der Waals surface area contributed by atoms with Crippen molar-refractivity contribution in [2.75, 3.05) is 20.1 Å². The van der Waals surface area contributed by atoms with Gasteiger partial charge >= 0.3 is 0 Å². The van der Waals surface area contributed by atoms with E-state index in [0.29, 0.717) is 6.04 Å². The average molecular weight is 294 g/mol. The number of benzene rings is 2. The van der Waals surface area contributed by atoms with E-state index in [-0.39, 0.29) is 5.41 Å². The van der Waals surface area contributed by atoms with Gasteiger partial charge in [-0.2, -0.15) is 0 Å². The molecule has 2 N–H and O–H groups in total. The van der Waals surface area contributed by atoms with E-state index in [4.69, 9.17) is 0 Å². The van der Waals surface area contributed by atoms with Crippen molar-refractivity contribution in [1.82, 2.24) is 10.6 Å². The van der Waals surface area contributed by atoms with Gasteiger partial charge < -0.3 is 10.6 Å². The third-order valence-corrected chi connectivity index (χ3v) is 5.14. The molecule has 0 radical (unpaired) electrons. The van der Waals surface area contributed by atoms with Crippen LogP contribution in [0.25, 0.3) is 0 Å². The van der Waals surface area contributed by atoms with Crippen LogP contribution < -0.4 is 10.6 Å². The zero-order chi connectivity index (χ0) is 15.3. The van der Waals surface area contributed by atoms with Gasteiger partial charge in [0.2, 0.25) is 0 Å². The Labute approximate surface area is 134 Å². The number of hydrogen-bond acceptors (Lipinski definition) is 2. The zero-order valence-corrected chi connectivity index (χ0v) is 13.4. The molecule has 0 aliphatic carbocycles. The lowest BCUT2D eigenvalue weighted by molar-refractivity contribution is 0.229. The number of likely N-dealkylation sites (N-methyl/N-ethyl adjacent to an activating group) is 1. The van der Waals surface area contributed by atoms with Crippen LogP contribution in [0.2, 0.25) is 0 Å². The summed E-state index contributed by atoms with van der Waals surface area (Å²) in [5, 5.41) is 7.16. The highest BCUT2D eigenvalue weighted by molar-refractivity contribution is 5.30. The molecule has 0 aromatic heterocycles. The Morgan fingerprint density at radius 1 is 0.955 bits per heavy atom. The first-order valence-corrected chi connectivity index (χ1v) is 8.32. The fraction of sp³-hybridized carbons (Fsp3) is 0.400. The smallest absolute Gasteiger partial charge is 0.0202 e. The predicted molar refractivity (Wildman–Crippen MR) is 93.2 cm³/mol. The molecule has 1 atom stereocenters. The van der Waals surface area contributed by atoms with Gasteiger partial charge in [0.15, 0.2) is 0 Å². The Bertz CT molecular complexity index is 559. The van der Waals surface area contributed by atoms with Gasteiger partial charge in [-0.3, -0.25) is 0 Å². The third-order valence-electron chi connectivity index (χ3n) is 5.14. The van der Waals surface area contributed by atoms with Gasteiger partial charge in [-0.05, 0) is 50.5 Å². The minimum Gasteiger partial charge on any atom is -0.317 e. The number of hydrogen-bond donors (Lipinski definition) is 2. The molecule has 2 nitrogen and oxygen atoms in total. The molecule has 0 spiro atoms. The third kappa shape index (κ3) is 3.08. The van der Waals surface area contributed by atoms with Crippen molar-refractivity contribution in [2.24, 2.45) is 0 Å². The van der Waals surface area contributed by atoms with Gasteiger partial charge in [0, 0.05) is 11.5 Å². The molecule has 1 aliphatic heterocycles. The minimum atomic E-state index is 0.219. The Balaban J connectivity index is 1.93. The topological polar surface area (TPSA) is 24.1 Å². The second-order valence-corrected chi connectivity index (χ2v) is 6.30. The SMILES string of the molecule is CNC(Cc1ccccc1)C1(c2ccccc2)CCNCC1. The van der Waals surface area contributed by atoms with Gasteiger partial charge in [-0.25, -0.2) is 0 Å². The molecular formula is C20H26N2. The van der Waals surface area contributed by atoms with E-state index >= 15 is 0 Å². The molecule has 2 aromatic carbocycles. The quantitative estimate of drug-likeness (QED) is 0.885. The van der Waals surface area contributed by atoms with Crippen LogP contribution in [0, 0.1) is 0 Å². The average Bonchev–Trinajstić information content (AvgIpc) is 2.62. The normalized spacial score (nSPS) is 18.8. The van der Waals surface area contributed by atoms with E-state index in [9.17, 15) is 0 Å². The van der Waals surface area contributed by atoms with Crippen LogP contribution in [0.15, 0.2) is 60.7 Å². The molecule has 1 heterocycles. The highest BCUT2D eigenvalue weighted by Crippen LogP contribution is 2.38. The van der Waals surface area contributed by atoms with Crippen LogP contribution in [0.4, 0.5) is 0 Å². The second kappa shape index (κ2) is 7.08. The Morgan fingerprint density at radius 2 is 1.55 bits per heavy atom. The molecule has 2 aromatic rings. The van der Waals surface area contributed by atoms with E-state index in [1.807, 2.05) is 0 Å². The Hall–Kier alpha value is -1.64. The summed E-state index contributed by atoms with van der Waals surface area (Å²) in [4.78, 5) is 0. The Kier molecular flexibility index (Phi) is 4.91. The van der Waals surface area contributed by atoms with Crippen LogP contribution in [0.1, 0.15) is 24.0 Å². The first-order valence-electron chi connectivity index (χ1n) is 8.32. The highest BCUT2D eigenvalue weighted by atomic mass is 14.9. The lowest BCUT2D eigenvalue weighted by Gasteiger charge is -2.44. The van der Waals surface area contributed by atoms with Crippen molar-refractivity contribution in [2.45, 2.75) is 30.7 Å². The lowest BCUT2D eigenvalue weighted by Crippen LogP contribution is -2.53. The fourth-order valence-corrected chi connectivity index (χ4v) is 3.90. The maximum atomic E-state index is 3.63. The van der Waals surface area contributed by atoms with Crippen LogP contribution in [-0.2, 0) is 11.8 Å². The molecule has 1 aliphatic rings. The molecule has 0 saturated carbocycles. The lowest BCUT2D eigenvalue weighted by atomic mass is 9.66. The summed E-state index contributed by atoms with van der Waals surface area (Å²) in [7, 11) is 2.11. The molecule has 116 valence electrons. The summed E-state index contributed by atoms with van der Waals surface area (Å²) in [5.74, 6) is 0. The van der Waals surface area contributed by atoms with Crippen molar-refractivity contribution in [3.05, 3.63) is 71.8 Å². The highest BCUT2D eigenvalue weighted by Gasteiger charge is 2.40. The van der Waals surface area contributed by atoms with Crippen molar-refractivity contribution >= 4 is 0 Å². The predicted octanol–water partition coefficient (Wildman–Crippen LogP) is 3.14. The van der Waals surface area contributed by atoms with Crippen LogP contribution in [-0.4, -0.2) is 26.2 Å². The summed E-state index contributed by atoms with van der Waals surface area (Å²) in [6.45, 7) is 2.20. The molecule has 1 saturated heterocycles. The molecule has 0 bridgehead atoms. The summed E-state index contributed by atoms with van der Waals surface area (Å²) in [6.07, 6.45) is 3.46. The number of nitrogens with one attached hydrogen (secondary N) is 2. The standard InChI is InChI=1S/C20H26N2/c1-21-19(16-17-8-4-2-5-9-17)20(12-14-22-15-13-20)18-10-6-3-7-11-18/h2-11,19,21-22H,12-16H2,1H3. The van der Waals surface area contributed by atoms with Gasteiger partial charge in [0.1, 0.15) is 0 Å². The summed E-state index contributed by atoms with van der Waals surface area (Å²) in [6, 6.07) is 22.4. The molecule has 1 fully saturated rings. The first-order chi connectivity index (χ1) is 10.8. The minimum absolute atomic E-state index is 0.219. The zero-order valence-electron chi connectivity index (χ0n) is 13.4. The van der Waals surface area contributed by atoms with Gasteiger partial charge in [0.25, 0.3) is 0 Å². The largest absolute Gasteiger partial charge is 0.317 e. The summed E-state index contributed by atoms with van der Waals surface area (Å²) < 4.78 is 0. The summed E-state index contributed by atoms with van der Waals surface area (Å²) in [5.41, 5.74) is 3.11. The van der Waals surface area contributed by atoms with Crippen molar-refractivity contribution < 1.29 is 0 Å². The molecule has 22 heavy (non-hydrogen) atoms. The molecule has 2 heteroatoms. The second-order valence-electron chi connectivity index (χ2n) is 6.30. The van der Waals surface area contributed by atoms with Gasteiger partial charge in [0.05, 0.1) is 0 Å². The number of piperidine rings is 1. The molecule has 0 amide bonds. The van der Waals surface area contributed by atoms with Crippen molar-refractivity contribution in [1.29, 1.82) is 0 Å². The maximum Gasteiger partial charge on any atom is 0.0202 e. The van der Waals surface area contributed by atoms with Gasteiger partial charge in [-0.1, -0.05) is 60.7 Å². The van der Waals surface area contributed by atoms with E-state index in [1.165, 1.54) is 24.0 Å². The fourth-order valence-electron chi connectivity index (χ4n) is 3.90. The molecule has 1 unspecified atom stereocenters. The van der Waals surface area contributed by atoms with Crippen molar-refractivity contribution in [3.63, 3.8) is 0 Å². The van der Waals surface area contributed by atoms with Gasteiger partial charge in [-0.15, -0.1) is 0 Å². The van der Waals surface area contributed by atoms with E-state index < -0.39 is 0 Å². The van der Waals surface area contributed by atoms with Crippen LogP contribution in [0.5, 0.6) is 0 Å². The summed E-state index contributed by atoms with van der Waals surface area (Å²) >= 11 is 0. The first kappa shape index (κ1) is 15.3. The Morgan fingerprint density at radius 3 is 2.14 bits per heavy atom.